The monoisotopic (exact) mass is 305 g/mol. The van der Waals surface area contributed by atoms with Crippen molar-refractivity contribution in [2.24, 2.45) is 0 Å². The van der Waals surface area contributed by atoms with Crippen molar-refractivity contribution >= 4 is 17.7 Å². The number of carbonyl (C=O) groups is 2. The summed E-state index contributed by atoms with van der Waals surface area (Å²) in [7, 11) is 0. The molecule has 1 aliphatic heterocycles. The van der Waals surface area contributed by atoms with Crippen molar-refractivity contribution in [3.05, 3.63) is 29.8 Å². The summed E-state index contributed by atoms with van der Waals surface area (Å²) in [6.45, 7) is 7.06. The number of rotatable bonds is 4. The molecular formula is C16H23N3O3. The molecule has 1 saturated heterocycles. The molecule has 1 heterocycles. The smallest absolute Gasteiger partial charge is 0.409 e. The standard InChI is InChI=1S/C16H23N3O3/c1-3-22-16(21)19-9-7-18(8-10-19)12-15(20)17-14-6-4-5-13(2)11-14/h4-6,11H,3,7-10,12H2,1-2H3,(H,17,20). The molecule has 6 heteroatoms. The lowest BCUT2D eigenvalue weighted by Gasteiger charge is -2.33. The highest BCUT2D eigenvalue weighted by atomic mass is 16.6. The Bertz CT molecular complexity index is 525. The van der Waals surface area contributed by atoms with Gasteiger partial charge in [0.05, 0.1) is 13.2 Å². The van der Waals surface area contributed by atoms with Crippen LogP contribution in [0.2, 0.25) is 0 Å². The van der Waals surface area contributed by atoms with Gasteiger partial charge in [0.2, 0.25) is 5.91 Å². The van der Waals surface area contributed by atoms with Crippen molar-refractivity contribution < 1.29 is 14.3 Å². The lowest BCUT2D eigenvalue weighted by molar-refractivity contribution is -0.117. The van der Waals surface area contributed by atoms with E-state index in [1.807, 2.05) is 36.1 Å². The van der Waals surface area contributed by atoms with Crippen LogP contribution >= 0.6 is 0 Å². The van der Waals surface area contributed by atoms with Crippen molar-refractivity contribution in [2.75, 3.05) is 44.6 Å². The van der Waals surface area contributed by atoms with Gasteiger partial charge in [0.1, 0.15) is 0 Å². The third-order valence-corrected chi connectivity index (χ3v) is 3.57. The summed E-state index contributed by atoms with van der Waals surface area (Å²) < 4.78 is 4.98. The predicted octanol–water partition coefficient (Wildman–Crippen LogP) is 1.71. The maximum Gasteiger partial charge on any atom is 0.409 e. The van der Waals surface area contributed by atoms with Crippen LogP contribution in [-0.4, -0.2) is 61.1 Å². The van der Waals surface area contributed by atoms with Crippen LogP contribution in [0.15, 0.2) is 24.3 Å². The van der Waals surface area contributed by atoms with Crippen LogP contribution in [0.1, 0.15) is 12.5 Å². The zero-order chi connectivity index (χ0) is 15.9. The van der Waals surface area contributed by atoms with Crippen LogP contribution in [-0.2, 0) is 9.53 Å². The van der Waals surface area contributed by atoms with Gasteiger partial charge in [0, 0.05) is 31.9 Å². The Labute approximate surface area is 131 Å². The summed E-state index contributed by atoms with van der Waals surface area (Å²) in [6, 6.07) is 7.73. The van der Waals surface area contributed by atoms with Crippen LogP contribution in [0.25, 0.3) is 0 Å². The van der Waals surface area contributed by atoms with Crippen LogP contribution in [0.5, 0.6) is 0 Å². The molecule has 0 aromatic heterocycles. The van der Waals surface area contributed by atoms with Gasteiger partial charge >= 0.3 is 6.09 Å². The van der Waals surface area contributed by atoms with Crippen LogP contribution in [0, 0.1) is 6.92 Å². The van der Waals surface area contributed by atoms with Gasteiger partial charge in [-0.15, -0.1) is 0 Å². The molecule has 0 atom stereocenters. The SMILES string of the molecule is CCOC(=O)N1CCN(CC(=O)Nc2cccc(C)c2)CC1. The van der Waals surface area contributed by atoms with Crippen molar-refractivity contribution in [1.82, 2.24) is 9.80 Å². The summed E-state index contributed by atoms with van der Waals surface area (Å²) in [5, 5.41) is 2.90. The van der Waals surface area contributed by atoms with E-state index in [0.717, 1.165) is 11.3 Å². The molecule has 0 aliphatic carbocycles. The zero-order valence-electron chi connectivity index (χ0n) is 13.2. The van der Waals surface area contributed by atoms with Gasteiger partial charge in [-0.1, -0.05) is 12.1 Å². The van der Waals surface area contributed by atoms with Gasteiger partial charge < -0.3 is 15.0 Å². The lowest BCUT2D eigenvalue weighted by atomic mass is 10.2. The average molecular weight is 305 g/mol. The Balaban J connectivity index is 1.76. The minimum Gasteiger partial charge on any atom is -0.450 e. The maximum atomic E-state index is 12.1. The second kappa shape index (κ2) is 7.79. The number of piperazine rings is 1. The maximum absolute atomic E-state index is 12.1. The van der Waals surface area contributed by atoms with E-state index < -0.39 is 0 Å². The first-order chi connectivity index (χ1) is 10.6. The van der Waals surface area contributed by atoms with E-state index in [1.165, 1.54) is 0 Å². The summed E-state index contributed by atoms with van der Waals surface area (Å²) in [6.07, 6.45) is -0.272. The Hall–Kier alpha value is -2.08. The summed E-state index contributed by atoms with van der Waals surface area (Å²) in [5.41, 5.74) is 1.93. The van der Waals surface area contributed by atoms with Gasteiger partial charge in [-0.25, -0.2) is 4.79 Å². The molecule has 0 bridgehead atoms. The number of hydrogen-bond acceptors (Lipinski definition) is 4. The topological polar surface area (TPSA) is 61.9 Å². The van der Waals surface area contributed by atoms with Crippen molar-refractivity contribution in [1.29, 1.82) is 0 Å². The number of nitrogens with zero attached hydrogens (tertiary/aromatic N) is 2. The highest BCUT2D eigenvalue weighted by Gasteiger charge is 2.23. The fourth-order valence-electron chi connectivity index (χ4n) is 2.43. The number of benzene rings is 1. The third-order valence-electron chi connectivity index (χ3n) is 3.57. The van der Waals surface area contributed by atoms with Crippen molar-refractivity contribution in [3.63, 3.8) is 0 Å². The third kappa shape index (κ3) is 4.73. The molecule has 1 aliphatic rings. The van der Waals surface area contributed by atoms with Gasteiger partial charge in [-0.2, -0.15) is 0 Å². The van der Waals surface area contributed by atoms with E-state index in [4.69, 9.17) is 4.74 Å². The van der Waals surface area contributed by atoms with E-state index in [2.05, 4.69) is 5.32 Å². The molecule has 0 spiro atoms. The average Bonchev–Trinajstić information content (AvgIpc) is 2.48. The van der Waals surface area contributed by atoms with Crippen LogP contribution < -0.4 is 5.32 Å². The van der Waals surface area contributed by atoms with E-state index >= 15 is 0 Å². The summed E-state index contributed by atoms with van der Waals surface area (Å²) in [4.78, 5) is 27.4. The number of anilines is 1. The molecule has 0 saturated carbocycles. The number of aryl methyl sites for hydroxylation is 1. The molecule has 2 amide bonds. The summed E-state index contributed by atoms with van der Waals surface area (Å²) in [5.74, 6) is -0.0322. The highest BCUT2D eigenvalue weighted by molar-refractivity contribution is 5.92. The molecule has 0 radical (unpaired) electrons. The second-order valence-corrected chi connectivity index (χ2v) is 5.38. The fraction of sp³-hybridized carbons (Fsp3) is 0.500. The number of nitrogens with one attached hydrogen (secondary N) is 1. The Morgan fingerprint density at radius 1 is 1.23 bits per heavy atom. The number of ether oxygens (including phenoxy) is 1. The van der Waals surface area contributed by atoms with Crippen LogP contribution in [0.3, 0.4) is 0 Å². The van der Waals surface area contributed by atoms with E-state index in [-0.39, 0.29) is 12.0 Å². The Kier molecular flexibility index (Phi) is 5.77. The fourth-order valence-corrected chi connectivity index (χ4v) is 2.43. The van der Waals surface area contributed by atoms with Gasteiger partial charge in [0.25, 0.3) is 0 Å². The number of amides is 2. The first kappa shape index (κ1) is 16.3. The number of hydrogen-bond donors (Lipinski definition) is 1. The Morgan fingerprint density at radius 3 is 2.59 bits per heavy atom. The minimum absolute atomic E-state index is 0.0322. The molecule has 1 aromatic carbocycles. The minimum atomic E-state index is -0.272. The molecule has 1 N–H and O–H groups in total. The molecular weight excluding hydrogens is 282 g/mol. The summed E-state index contributed by atoms with van der Waals surface area (Å²) >= 11 is 0. The van der Waals surface area contributed by atoms with Crippen LogP contribution in [0.4, 0.5) is 10.5 Å². The number of carbonyl (C=O) groups excluding carboxylic acids is 2. The van der Waals surface area contributed by atoms with E-state index in [1.54, 1.807) is 11.8 Å². The van der Waals surface area contributed by atoms with Gasteiger partial charge in [-0.3, -0.25) is 9.69 Å². The predicted molar refractivity (Wildman–Crippen MR) is 84.8 cm³/mol. The molecule has 6 nitrogen and oxygen atoms in total. The highest BCUT2D eigenvalue weighted by Crippen LogP contribution is 2.10. The zero-order valence-corrected chi connectivity index (χ0v) is 13.2. The van der Waals surface area contributed by atoms with Gasteiger partial charge in [0.15, 0.2) is 0 Å². The first-order valence-corrected chi connectivity index (χ1v) is 7.59. The molecule has 120 valence electrons. The molecule has 22 heavy (non-hydrogen) atoms. The second-order valence-electron chi connectivity index (χ2n) is 5.38. The first-order valence-electron chi connectivity index (χ1n) is 7.59. The Morgan fingerprint density at radius 2 is 1.95 bits per heavy atom. The molecule has 0 unspecified atom stereocenters. The van der Waals surface area contributed by atoms with Gasteiger partial charge in [-0.05, 0) is 31.5 Å². The largest absolute Gasteiger partial charge is 0.450 e. The van der Waals surface area contributed by atoms with Crippen molar-refractivity contribution in [3.8, 4) is 0 Å². The molecule has 1 fully saturated rings. The van der Waals surface area contributed by atoms with Crippen molar-refractivity contribution in [2.45, 2.75) is 13.8 Å². The lowest BCUT2D eigenvalue weighted by Crippen LogP contribution is -2.50. The molecule has 1 aromatic rings. The van der Waals surface area contributed by atoms with E-state index in [0.29, 0.717) is 39.3 Å². The van der Waals surface area contributed by atoms with E-state index in [9.17, 15) is 9.59 Å². The quantitative estimate of drug-likeness (QED) is 0.920. The molecule has 2 rings (SSSR count). The normalized spacial score (nSPS) is 15.5.